The molecule has 0 bridgehead atoms. The molecule has 1 aliphatic rings. The molecule has 3 rings (SSSR count). The van der Waals surface area contributed by atoms with Gasteiger partial charge in [-0.2, -0.15) is 0 Å². The van der Waals surface area contributed by atoms with Crippen LogP contribution in [0.4, 0.5) is 4.39 Å². The molecule has 1 aliphatic carbocycles. The summed E-state index contributed by atoms with van der Waals surface area (Å²) in [6, 6.07) is 10.1. The minimum Gasteiger partial charge on any atom is -0.460 e. The van der Waals surface area contributed by atoms with Crippen molar-refractivity contribution >= 4 is 0 Å². The average molecular weight is 275 g/mol. The highest BCUT2D eigenvalue weighted by Crippen LogP contribution is 2.44. The van der Waals surface area contributed by atoms with Gasteiger partial charge in [0.05, 0.1) is 6.54 Å². The van der Waals surface area contributed by atoms with Crippen LogP contribution in [0.1, 0.15) is 18.6 Å². The summed E-state index contributed by atoms with van der Waals surface area (Å²) >= 11 is 0. The highest BCUT2D eigenvalue weighted by atomic mass is 19.1. The summed E-state index contributed by atoms with van der Waals surface area (Å²) in [6.07, 6.45) is 2.19. The van der Waals surface area contributed by atoms with Crippen LogP contribution in [0.25, 0.3) is 11.3 Å². The van der Waals surface area contributed by atoms with Gasteiger partial charge in [-0.15, -0.1) is 0 Å². The molecule has 0 saturated heterocycles. The molecule has 0 spiro atoms. The van der Waals surface area contributed by atoms with Crippen molar-refractivity contribution in [1.82, 2.24) is 5.32 Å². The monoisotopic (exact) mass is 275 g/mol. The third-order valence-electron chi connectivity index (χ3n) is 3.88. The standard InChI is InChI=1S/C16H18FNO2/c17-13-3-1-12(2-4-13)15-6-5-14(20-15)9-18-10-16(11-19)7-8-16/h1-6,18-19H,7-11H2. The van der Waals surface area contributed by atoms with Crippen molar-refractivity contribution in [2.75, 3.05) is 13.2 Å². The highest BCUT2D eigenvalue weighted by Gasteiger charge is 2.41. The summed E-state index contributed by atoms with van der Waals surface area (Å²) in [5.41, 5.74) is 0.971. The van der Waals surface area contributed by atoms with Gasteiger partial charge in [-0.05, 0) is 49.2 Å². The first kappa shape index (κ1) is 13.3. The van der Waals surface area contributed by atoms with E-state index in [1.165, 1.54) is 12.1 Å². The van der Waals surface area contributed by atoms with Crippen LogP contribution in [0.15, 0.2) is 40.8 Å². The number of halogens is 1. The van der Waals surface area contributed by atoms with E-state index in [1.807, 2.05) is 12.1 Å². The Morgan fingerprint density at radius 1 is 1.15 bits per heavy atom. The number of aliphatic hydroxyl groups excluding tert-OH is 1. The van der Waals surface area contributed by atoms with E-state index in [2.05, 4.69) is 5.32 Å². The van der Waals surface area contributed by atoms with E-state index in [-0.39, 0.29) is 17.8 Å². The summed E-state index contributed by atoms with van der Waals surface area (Å²) < 4.78 is 18.6. The fraction of sp³-hybridized carbons (Fsp3) is 0.375. The maximum Gasteiger partial charge on any atom is 0.134 e. The van der Waals surface area contributed by atoms with Gasteiger partial charge in [0.15, 0.2) is 0 Å². The molecule has 0 amide bonds. The lowest BCUT2D eigenvalue weighted by molar-refractivity contribution is 0.206. The molecule has 0 aliphatic heterocycles. The lowest BCUT2D eigenvalue weighted by Gasteiger charge is -2.11. The van der Waals surface area contributed by atoms with Gasteiger partial charge in [0.2, 0.25) is 0 Å². The second-order valence-electron chi connectivity index (χ2n) is 5.53. The quantitative estimate of drug-likeness (QED) is 0.852. The minimum absolute atomic E-state index is 0.104. The van der Waals surface area contributed by atoms with Crippen LogP contribution in [0.5, 0.6) is 0 Å². The fourth-order valence-corrected chi connectivity index (χ4v) is 2.26. The maximum atomic E-state index is 12.9. The lowest BCUT2D eigenvalue weighted by Crippen LogP contribution is -2.25. The van der Waals surface area contributed by atoms with Gasteiger partial charge in [0.25, 0.3) is 0 Å². The number of furan rings is 1. The van der Waals surface area contributed by atoms with Crippen LogP contribution >= 0.6 is 0 Å². The van der Waals surface area contributed by atoms with Crippen molar-refractivity contribution in [3.63, 3.8) is 0 Å². The Hall–Kier alpha value is -1.65. The minimum atomic E-state index is -0.249. The summed E-state index contributed by atoms with van der Waals surface area (Å²) in [7, 11) is 0. The van der Waals surface area contributed by atoms with Crippen LogP contribution in [0, 0.1) is 11.2 Å². The molecule has 0 atom stereocenters. The van der Waals surface area contributed by atoms with Gasteiger partial charge in [-0.1, -0.05) is 0 Å². The number of aliphatic hydroxyl groups is 1. The number of nitrogens with one attached hydrogen (secondary N) is 1. The zero-order valence-electron chi connectivity index (χ0n) is 11.2. The van der Waals surface area contributed by atoms with E-state index < -0.39 is 0 Å². The van der Waals surface area contributed by atoms with E-state index in [9.17, 15) is 9.50 Å². The SMILES string of the molecule is OCC1(CNCc2ccc(-c3ccc(F)cc3)o2)CC1. The van der Waals surface area contributed by atoms with Gasteiger partial charge in [0.1, 0.15) is 17.3 Å². The topological polar surface area (TPSA) is 45.4 Å². The fourth-order valence-electron chi connectivity index (χ4n) is 2.26. The number of hydrogen-bond acceptors (Lipinski definition) is 3. The van der Waals surface area contributed by atoms with Crippen LogP contribution in [0.2, 0.25) is 0 Å². The Kier molecular flexibility index (Phi) is 3.59. The lowest BCUT2D eigenvalue weighted by atomic mass is 10.1. The first-order chi connectivity index (χ1) is 9.71. The summed E-state index contributed by atoms with van der Waals surface area (Å²) in [5.74, 6) is 1.34. The molecule has 1 saturated carbocycles. The second-order valence-corrected chi connectivity index (χ2v) is 5.53. The van der Waals surface area contributed by atoms with Gasteiger partial charge in [-0.25, -0.2) is 4.39 Å². The van der Waals surface area contributed by atoms with Crippen molar-refractivity contribution < 1.29 is 13.9 Å². The Morgan fingerprint density at radius 3 is 2.55 bits per heavy atom. The van der Waals surface area contributed by atoms with E-state index in [1.54, 1.807) is 12.1 Å². The van der Waals surface area contributed by atoms with Crippen molar-refractivity contribution in [1.29, 1.82) is 0 Å². The smallest absolute Gasteiger partial charge is 0.134 e. The third kappa shape index (κ3) is 2.92. The van der Waals surface area contributed by atoms with E-state index >= 15 is 0 Å². The molecule has 0 unspecified atom stereocenters. The number of hydrogen-bond donors (Lipinski definition) is 2. The van der Waals surface area contributed by atoms with Crippen molar-refractivity contribution in [2.45, 2.75) is 19.4 Å². The molecule has 1 fully saturated rings. The van der Waals surface area contributed by atoms with Crippen LogP contribution in [-0.4, -0.2) is 18.3 Å². The zero-order chi connectivity index (χ0) is 14.0. The summed E-state index contributed by atoms with van der Waals surface area (Å²) in [4.78, 5) is 0. The molecule has 2 N–H and O–H groups in total. The van der Waals surface area contributed by atoms with E-state index in [4.69, 9.17) is 4.42 Å². The zero-order valence-corrected chi connectivity index (χ0v) is 11.2. The Morgan fingerprint density at radius 2 is 1.90 bits per heavy atom. The van der Waals surface area contributed by atoms with Crippen molar-refractivity contribution in [3.8, 4) is 11.3 Å². The van der Waals surface area contributed by atoms with Crippen molar-refractivity contribution in [3.05, 3.63) is 48.0 Å². The highest BCUT2D eigenvalue weighted by molar-refractivity contribution is 5.57. The van der Waals surface area contributed by atoms with E-state index in [0.29, 0.717) is 6.54 Å². The first-order valence-electron chi connectivity index (χ1n) is 6.87. The average Bonchev–Trinajstić information content (AvgIpc) is 3.09. The molecule has 4 heteroatoms. The molecule has 1 aromatic carbocycles. The largest absolute Gasteiger partial charge is 0.460 e. The first-order valence-corrected chi connectivity index (χ1v) is 6.87. The summed E-state index contributed by atoms with van der Waals surface area (Å²) in [5, 5.41) is 12.6. The normalized spacial score (nSPS) is 16.3. The molecule has 1 heterocycles. The van der Waals surface area contributed by atoms with Crippen LogP contribution < -0.4 is 5.32 Å². The number of benzene rings is 1. The molecule has 1 aromatic heterocycles. The van der Waals surface area contributed by atoms with Gasteiger partial charge >= 0.3 is 0 Å². The Balaban J connectivity index is 1.58. The van der Waals surface area contributed by atoms with Crippen LogP contribution in [-0.2, 0) is 6.54 Å². The Labute approximate surface area is 117 Å². The Bertz CT molecular complexity index is 572. The molecule has 0 radical (unpaired) electrons. The molecular weight excluding hydrogens is 257 g/mol. The molecule has 106 valence electrons. The molecule has 2 aromatic rings. The van der Waals surface area contributed by atoms with E-state index in [0.717, 1.165) is 36.5 Å². The van der Waals surface area contributed by atoms with Crippen LogP contribution in [0.3, 0.4) is 0 Å². The third-order valence-corrected chi connectivity index (χ3v) is 3.88. The maximum absolute atomic E-state index is 12.9. The summed E-state index contributed by atoms with van der Waals surface area (Å²) in [6.45, 7) is 1.71. The van der Waals surface area contributed by atoms with Gasteiger partial charge in [0, 0.05) is 24.1 Å². The predicted molar refractivity (Wildman–Crippen MR) is 74.6 cm³/mol. The predicted octanol–water partition coefficient (Wildman–Crippen LogP) is 2.95. The van der Waals surface area contributed by atoms with Gasteiger partial charge in [-0.3, -0.25) is 0 Å². The molecule has 3 nitrogen and oxygen atoms in total. The van der Waals surface area contributed by atoms with Crippen molar-refractivity contribution in [2.24, 2.45) is 5.41 Å². The molecular formula is C16H18FNO2. The number of rotatable bonds is 6. The van der Waals surface area contributed by atoms with Gasteiger partial charge < -0.3 is 14.8 Å². The molecule has 20 heavy (non-hydrogen) atoms. The second kappa shape index (κ2) is 5.38.